The van der Waals surface area contributed by atoms with Crippen molar-refractivity contribution in [1.82, 2.24) is 0 Å². The van der Waals surface area contributed by atoms with Gasteiger partial charge in [-0.05, 0) is 12.1 Å². The Kier molecular flexibility index (Phi) is 3.28. The maximum Gasteiger partial charge on any atom is 0.232 e. The molecule has 0 saturated carbocycles. The van der Waals surface area contributed by atoms with Crippen molar-refractivity contribution >= 4 is 0 Å². The van der Waals surface area contributed by atoms with Gasteiger partial charge in [-0.15, -0.1) is 0 Å². The number of methoxy groups -OCH3 is 2. The van der Waals surface area contributed by atoms with E-state index in [0.29, 0.717) is 17.1 Å². The van der Waals surface area contributed by atoms with E-state index in [1.54, 1.807) is 18.2 Å². The van der Waals surface area contributed by atoms with Crippen LogP contribution in [0.3, 0.4) is 0 Å². The molecule has 0 unspecified atom stereocenters. The fourth-order valence-electron chi connectivity index (χ4n) is 1.22. The van der Waals surface area contributed by atoms with Crippen molar-refractivity contribution in [2.75, 3.05) is 14.2 Å². The Balaban J connectivity index is 3.08. The van der Waals surface area contributed by atoms with Gasteiger partial charge in [0, 0.05) is 4.92 Å². The summed E-state index contributed by atoms with van der Waals surface area (Å²) in [5, 5.41) is 10.3. The van der Waals surface area contributed by atoms with Crippen LogP contribution in [0.2, 0.25) is 0 Å². The average Bonchev–Trinajstić information content (AvgIpc) is 2.16. The maximum absolute atomic E-state index is 10.3. The van der Waals surface area contributed by atoms with Gasteiger partial charge in [0.1, 0.15) is 0 Å². The molecule has 0 spiro atoms. The lowest BCUT2D eigenvalue weighted by Crippen LogP contribution is -2.02. The van der Waals surface area contributed by atoms with Gasteiger partial charge in [-0.1, -0.05) is 6.07 Å². The van der Waals surface area contributed by atoms with Crippen LogP contribution in [0.15, 0.2) is 18.2 Å². The number of hydrogen-bond acceptors (Lipinski definition) is 4. The monoisotopic (exact) mass is 197 g/mol. The Hall–Kier alpha value is -1.78. The number of hydrogen-bond donors (Lipinski definition) is 0. The third-order valence-corrected chi connectivity index (χ3v) is 1.78. The SMILES string of the molecule is COc1cccc(C[N+](=O)[O-])c1OC. The number of rotatable bonds is 4. The van der Waals surface area contributed by atoms with E-state index in [1.807, 2.05) is 0 Å². The first-order valence-corrected chi connectivity index (χ1v) is 4.00. The lowest BCUT2D eigenvalue weighted by molar-refractivity contribution is -0.496. The van der Waals surface area contributed by atoms with E-state index in [-0.39, 0.29) is 6.54 Å². The summed E-state index contributed by atoms with van der Waals surface area (Å²) in [4.78, 5) is 9.94. The van der Waals surface area contributed by atoms with Crippen molar-refractivity contribution in [2.24, 2.45) is 0 Å². The van der Waals surface area contributed by atoms with E-state index in [2.05, 4.69) is 0 Å². The second-order valence-electron chi connectivity index (χ2n) is 2.64. The normalized spacial score (nSPS) is 9.57. The van der Waals surface area contributed by atoms with Crippen LogP contribution in [-0.2, 0) is 6.54 Å². The van der Waals surface area contributed by atoms with E-state index in [4.69, 9.17) is 9.47 Å². The van der Waals surface area contributed by atoms with E-state index < -0.39 is 4.92 Å². The van der Waals surface area contributed by atoms with Crippen molar-refractivity contribution in [2.45, 2.75) is 6.54 Å². The number of ether oxygens (including phenoxy) is 2. The number of para-hydroxylation sites is 1. The van der Waals surface area contributed by atoms with Gasteiger partial charge in [0.2, 0.25) is 6.54 Å². The highest BCUT2D eigenvalue weighted by Gasteiger charge is 2.13. The highest BCUT2D eigenvalue weighted by atomic mass is 16.6. The number of nitro groups is 1. The minimum absolute atomic E-state index is 0.264. The molecule has 5 heteroatoms. The van der Waals surface area contributed by atoms with Crippen LogP contribution in [0, 0.1) is 10.1 Å². The molecule has 0 fully saturated rings. The van der Waals surface area contributed by atoms with Crippen LogP contribution in [0.4, 0.5) is 0 Å². The maximum atomic E-state index is 10.3. The van der Waals surface area contributed by atoms with Crippen LogP contribution >= 0.6 is 0 Å². The largest absolute Gasteiger partial charge is 0.493 e. The lowest BCUT2D eigenvalue weighted by atomic mass is 10.2. The van der Waals surface area contributed by atoms with Gasteiger partial charge in [-0.25, -0.2) is 0 Å². The van der Waals surface area contributed by atoms with Crippen molar-refractivity contribution in [3.8, 4) is 11.5 Å². The first-order chi connectivity index (χ1) is 6.69. The lowest BCUT2D eigenvalue weighted by Gasteiger charge is -2.09. The first kappa shape index (κ1) is 10.3. The minimum Gasteiger partial charge on any atom is -0.493 e. The molecule has 0 aromatic heterocycles. The molecule has 1 rings (SSSR count). The van der Waals surface area contributed by atoms with Crippen LogP contribution in [0.1, 0.15) is 5.56 Å². The molecule has 0 aliphatic heterocycles. The summed E-state index contributed by atoms with van der Waals surface area (Å²) >= 11 is 0. The molecule has 0 amide bonds. The van der Waals surface area contributed by atoms with Crippen LogP contribution in [0.25, 0.3) is 0 Å². The molecular weight excluding hydrogens is 186 g/mol. The molecule has 76 valence electrons. The quantitative estimate of drug-likeness (QED) is 0.541. The molecule has 0 N–H and O–H groups in total. The molecule has 0 radical (unpaired) electrons. The zero-order valence-corrected chi connectivity index (χ0v) is 8.02. The van der Waals surface area contributed by atoms with E-state index in [0.717, 1.165) is 0 Å². The van der Waals surface area contributed by atoms with E-state index >= 15 is 0 Å². The summed E-state index contributed by atoms with van der Waals surface area (Å²) in [6, 6.07) is 5.03. The van der Waals surface area contributed by atoms with Crippen molar-refractivity contribution in [3.63, 3.8) is 0 Å². The third kappa shape index (κ3) is 2.12. The Morgan fingerprint density at radius 2 is 2.07 bits per heavy atom. The van der Waals surface area contributed by atoms with Crippen LogP contribution in [-0.4, -0.2) is 19.1 Å². The first-order valence-electron chi connectivity index (χ1n) is 4.00. The van der Waals surface area contributed by atoms with Gasteiger partial charge in [0.05, 0.1) is 19.8 Å². The van der Waals surface area contributed by atoms with Crippen molar-refractivity contribution in [3.05, 3.63) is 33.9 Å². The fraction of sp³-hybridized carbons (Fsp3) is 0.333. The molecule has 1 aromatic rings. The Labute approximate surface area is 81.4 Å². The Morgan fingerprint density at radius 3 is 2.57 bits per heavy atom. The predicted molar refractivity (Wildman–Crippen MR) is 50.2 cm³/mol. The summed E-state index contributed by atoms with van der Waals surface area (Å²) in [6.45, 7) is -0.264. The molecule has 0 bridgehead atoms. The molecule has 0 saturated heterocycles. The molecule has 1 aromatic carbocycles. The van der Waals surface area contributed by atoms with Gasteiger partial charge < -0.3 is 9.47 Å². The molecule has 0 aliphatic rings. The average molecular weight is 197 g/mol. The second-order valence-corrected chi connectivity index (χ2v) is 2.64. The molecule has 14 heavy (non-hydrogen) atoms. The molecular formula is C9H11NO4. The summed E-state index contributed by atoms with van der Waals surface area (Å²) in [6.07, 6.45) is 0. The topological polar surface area (TPSA) is 61.6 Å². The molecule has 5 nitrogen and oxygen atoms in total. The molecule has 0 heterocycles. The van der Waals surface area contributed by atoms with Crippen molar-refractivity contribution in [1.29, 1.82) is 0 Å². The number of benzene rings is 1. The minimum atomic E-state index is -0.405. The Bertz CT molecular complexity index is 338. The number of nitrogens with zero attached hydrogens (tertiary/aromatic N) is 1. The van der Waals surface area contributed by atoms with Gasteiger partial charge in [-0.2, -0.15) is 0 Å². The summed E-state index contributed by atoms with van der Waals surface area (Å²) in [5.74, 6) is 0.929. The van der Waals surface area contributed by atoms with Gasteiger partial charge in [0.25, 0.3) is 0 Å². The van der Waals surface area contributed by atoms with Gasteiger partial charge in [0.15, 0.2) is 11.5 Å². The van der Waals surface area contributed by atoms with Gasteiger partial charge >= 0.3 is 0 Å². The van der Waals surface area contributed by atoms with Crippen molar-refractivity contribution < 1.29 is 14.4 Å². The third-order valence-electron chi connectivity index (χ3n) is 1.78. The predicted octanol–water partition coefficient (Wildman–Crippen LogP) is 1.48. The second kappa shape index (κ2) is 4.45. The van der Waals surface area contributed by atoms with Crippen LogP contribution in [0.5, 0.6) is 11.5 Å². The molecule has 0 atom stereocenters. The summed E-state index contributed by atoms with van der Waals surface area (Å²) < 4.78 is 10.0. The molecule has 0 aliphatic carbocycles. The zero-order valence-electron chi connectivity index (χ0n) is 8.02. The van der Waals surface area contributed by atoms with E-state index in [1.165, 1.54) is 14.2 Å². The highest BCUT2D eigenvalue weighted by Crippen LogP contribution is 2.30. The van der Waals surface area contributed by atoms with Gasteiger partial charge in [-0.3, -0.25) is 10.1 Å². The van der Waals surface area contributed by atoms with Crippen LogP contribution < -0.4 is 9.47 Å². The smallest absolute Gasteiger partial charge is 0.232 e. The zero-order chi connectivity index (χ0) is 10.6. The Morgan fingerprint density at radius 1 is 1.36 bits per heavy atom. The highest BCUT2D eigenvalue weighted by molar-refractivity contribution is 5.46. The fourth-order valence-corrected chi connectivity index (χ4v) is 1.22. The summed E-state index contributed by atoms with van der Waals surface area (Å²) in [5.41, 5.74) is 0.511. The van der Waals surface area contributed by atoms with E-state index in [9.17, 15) is 10.1 Å². The standard InChI is InChI=1S/C9H11NO4/c1-13-8-5-3-4-7(6-10(11)12)9(8)14-2/h3-5H,6H2,1-2H3. The summed E-state index contributed by atoms with van der Waals surface area (Å²) in [7, 11) is 2.95.